The van der Waals surface area contributed by atoms with Gasteiger partial charge < -0.3 is 5.32 Å². The molecule has 1 aliphatic heterocycles. The van der Waals surface area contributed by atoms with Gasteiger partial charge in [0.25, 0.3) is 0 Å². The second kappa shape index (κ2) is 5.89. The highest BCUT2D eigenvalue weighted by molar-refractivity contribution is 7.99. The lowest BCUT2D eigenvalue weighted by molar-refractivity contribution is 0.583. The minimum atomic E-state index is -3.37. The Kier molecular flexibility index (Phi) is 4.10. The van der Waals surface area contributed by atoms with E-state index in [4.69, 9.17) is 0 Å². The molecule has 0 aliphatic carbocycles. The lowest BCUT2D eigenvalue weighted by Crippen LogP contribution is -2.19. The number of halogens is 1. The molecule has 0 radical (unpaired) electrons. The van der Waals surface area contributed by atoms with Gasteiger partial charge in [0, 0.05) is 23.1 Å². The molecule has 0 saturated carbocycles. The fourth-order valence-corrected chi connectivity index (χ4v) is 4.43. The summed E-state index contributed by atoms with van der Waals surface area (Å²) in [5.41, 5.74) is 0.848. The summed E-state index contributed by atoms with van der Waals surface area (Å²) < 4.78 is 37.6. The van der Waals surface area contributed by atoms with Crippen LogP contribution in [-0.2, 0) is 9.84 Å². The van der Waals surface area contributed by atoms with Crippen molar-refractivity contribution in [1.82, 2.24) is 4.98 Å². The monoisotopic (exact) mass is 338 g/mol. The number of aromatic nitrogens is 1. The van der Waals surface area contributed by atoms with Crippen molar-refractivity contribution in [2.75, 3.05) is 17.3 Å². The maximum absolute atomic E-state index is 13.9. The summed E-state index contributed by atoms with van der Waals surface area (Å²) in [6, 6.07) is 7.94. The number of sulfone groups is 1. The minimum absolute atomic E-state index is 0.151. The van der Waals surface area contributed by atoms with E-state index in [0.29, 0.717) is 10.7 Å². The maximum Gasteiger partial charge on any atom is 0.179 e. The fraction of sp³-hybridized carbons (Fsp3) is 0.267. The van der Waals surface area contributed by atoms with Crippen molar-refractivity contribution in [1.29, 1.82) is 0 Å². The largest absolute Gasteiger partial charge is 0.362 e. The summed E-state index contributed by atoms with van der Waals surface area (Å²) in [7, 11) is -3.37. The Balaban J connectivity index is 1.99. The average Bonchev–Trinajstić information content (AvgIpc) is 2.48. The Morgan fingerprint density at radius 3 is 2.91 bits per heavy atom. The van der Waals surface area contributed by atoms with Crippen molar-refractivity contribution in [3.8, 4) is 0 Å². The fourth-order valence-electron chi connectivity index (χ4n) is 2.50. The quantitative estimate of drug-likeness (QED) is 0.931. The van der Waals surface area contributed by atoms with Crippen LogP contribution in [0, 0.1) is 5.82 Å². The molecule has 1 aromatic heterocycles. The number of nitrogens with zero attached hydrogens (tertiary/aromatic N) is 1. The molecule has 1 aliphatic rings. The number of hydrogen-bond acceptors (Lipinski definition) is 5. The zero-order valence-corrected chi connectivity index (χ0v) is 13.5. The van der Waals surface area contributed by atoms with Gasteiger partial charge in [-0.3, -0.25) is 0 Å². The first kappa shape index (κ1) is 15.3. The summed E-state index contributed by atoms with van der Waals surface area (Å²) in [6.07, 6.45) is 3.47. The van der Waals surface area contributed by atoms with E-state index in [9.17, 15) is 12.8 Å². The highest BCUT2D eigenvalue weighted by Gasteiger charge is 2.25. The molecule has 0 spiro atoms. The first-order valence-electron chi connectivity index (χ1n) is 6.79. The van der Waals surface area contributed by atoms with Crippen molar-refractivity contribution in [3.63, 3.8) is 0 Å². The highest BCUT2D eigenvalue weighted by atomic mass is 32.2. The van der Waals surface area contributed by atoms with Gasteiger partial charge in [-0.15, -0.1) is 11.8 Å². The van der Waals surface area contributed by atoms with Crippen LogP contribution in [0.25, 0.3) is 0 Å². The van der Waals surface area contributed by atoms with E-state index in [1.165, 1.54) is 23.9 Å². The van der Waals surface area contributed by atoms with E-state index in [2.05, 4.69) is 10.3 Å². The lowest BCUT2D eigenvalue weighted by atomic mass is 10.0. The molecular formula is C15H15FN2O2S2. The number of rotatable bonds is 3. The van der Waals surface area contributed by atoms with Crippen LogP contribution in [0.5, 0.6) is 0 Å². The third kappa shape index (κ3) is 2.96. The molecule has 1 N–H and O–H groups in total. The molecule has 22 heavy (non-hydrogen) atoms. The van der Waals surface area contributed by atoms with Crippen LogP contribution in [-0.4, -0.2) is 25.4 Å². The van der Waals surface area contributed by atoms with Crippen molar-refractivity contribution in [2.24, 2.45) is 0 Å². The number of benzene rings is 1. The number of anilines is 1. The van der Waals surface area contributed by atoms with E-state index in [-0.39, 0.29) is 16.8 Å². The van der Waals surface area contributed by atoms with E-state index in [0.717, 1.165) is 24.0 Å². The van der Waals surface area contributed by atoms with Gasteiger partial charge >= 0.3 is 0 Å². The van der Waals surface area contributed by atoms with Gasteiger partial charge in [-0.25, -0.2) is 17.8 Å². The molecule has 1 unspecified atom stereocenters. The van der Waals surface area contributed by atoms with Gasteiger partial charge in [-0.05, 0) is 30.2 Å². The number of pyridine rings is 1. The Morgan fingerprint density at radius 1 is 1.32 bits per heavy atom. The summed E-state index contributed by atoms with van der Waals surface area (Å²) in [5, 5.41) is 3.17. The molecular weight excluding hydrogens is 323 g/mol. The van der Waals surface area contributed by atoms with Crippen molar-refractivity contribution >= 4 is 27.4 Å². The highest BCUT2D eigenvalue weighted by Crippen LogP contribution is 2.39. The molecule has 2 aromatic rings. The van der Waals surface area contributed by atoms with Crippen LogP contribution in [0.3, 0.4) is 0 Å². The van der Waals surface area contributed by atoms with Gasteiger partial charge in [-0.2, -0.15) is 0 Å². The number of thioether (sulfide) groups is 1. The predicted molar refractivity (Wildman–Crippen MR) is 85.5 cm³/mol. The van der Waals surface area contributed by atoms with Crippen LogP contribution in [0.2, 0.25) is 0 Å². The lowest BCUT2D eigenvalue weighted by Gasteiger charge is -2.27. The molecule has 3 rings (SSSR count). The molecule has 0 bridgehead atoms. The zero-order valence-electron chi connectivity index (χ0n) is 11.9. The third-order valence-corrected chi connectivity index (χ3v) is 5.79. The molecule has 0 amide bonds. The number of nitrogens with one attached hydrogen (secondary N) is 1. The zero-order chi connectivity index (χ0) is 15.7. The molecule has 1 atom stereocenters. The SMILES string of the molecule is CS(=O)(=O)c1cccnc1NC1CCSc2c(F)cccc21. The standard InChI is InChI=1S/C15H15FN2O2S2/c1-22(19,20)13-6-3-8-17-15(13)18-12-7-9-21-14-10(12)4-2-5-11(14)16/h2-6,8,12H,7,9H2,1H3,(H,17,18). The van der Waals surface area contributed by atoms with E-state index in [1.807, 2.05) is 6.07 Å². The van der Waals surface area contributed by atoms with Crippen LogP contribution in [0.15, 0.2) is 46.3 Å². The van der Waals surface area contributed by atoms with Crippen molar-refractivity contribution in [3.05, 3.63) is 47.9 Å². The van der Waals surface area contributed by atoms with Crippen molar-refractivity contribution in [2.45, 2.75) is 22.3 Å². The summed E-state index contributed by atoms with van der Waals surface area (Å²) in [4.78, 5) is 4.93. The minimum Gasteiger partial charge on any atom is -0.362 e. The molecule has 4 nitrogen and oxygen atoms in total. The first-order valence-corrected chi connectivity index (χ1v) is 9.67. The van der Waals surface area contributed by atoms with Crippen LogP contribution in [0.4, 0.5) is 10.2 Å². The molecule has 2 heterocycles. The number of fused-ring (bicyclic) bond motifs is 1. The predicted octanol–water partition coefficient (Wildman–Crippen LogP) is 3.27. The second-order valence-electron chi connectivity index (χ2n) is 5.11. The smallest absolute Gasteiger partial charge is 0.179 e. The van der Waals surface area contributed by atoms with Gasteiger partial charge in [0.1, 0.15) is 16.5 Å². The summed E-state index contributed by atoms with van der Waals surface area (Å²) in [6.45, 7) is 0. The Morgan fingerprint density at radius 2 is 2.14 bits per heavy atom. The normalized spacial score (nSPS) is 17.8. The molecule has 7 heteroatoms. The van der Waals surface area contributed by atoms with Gasteiger partial charge in [0.15, 0.2) is 9.84 Å². The second-order valence-corrected chi connectivity index (χ2v) is 8.20. The molecule has 116 valence electrons. The Hall–Kier alpha value is -1.60. The topological polar surface area (TPSA) is 59.1 Å². The molecule has 0 saturated heterocycles. The van der Waals surface area contributed by atoms with E-state index < -0.39 is 9.84 Å². The summed E-state index contributed by atoms with van der Waals surface area (Å²) in [5.74, 6) is 0.850. The van der Waals surface area contributed by atoms with Gasteiger partial charge in [0.05, 0.1) is 6.04 Å². The molecule has 1 aromatic carbocycles. The van der Waals surface area contributed by atoms with Crippen LogP contribution in [0.1, 0.15) is 18.0 Å². The van der Waals surface area contributed by atoms with Crippen LogP contribution < -0.4 is 5.32 Å². The molecule has 0 fully saturated rings. The first-order chi connectivity index (χ1) is 10.5. The van der Waals surface area contributed by atoms with Crippen molar-refractivity contribution < 1.29 is 12.8 Å². The van der Waals surface area contributed by atoms with Gasteiger partial charge in [0.2, 0.25) is 0 Å². The maximum atomic E-state index is 13.9. The summed E-state index contributed by atoms with van der Waals surface area (Å²) >= 11 is 1.49. The van der Waals surface area contributed by atoms with Crippen LogP contribution >= 0.6 is 11.8 Å². The number of hydrogen-bond donors (Lipinski definition) is 1. The Bertz CT molecular complexity index is 809. The van der Waals surface area contributed by atoms with E-state index >= 15 is 0 Å². The average molecular weight is 338 g/mol. The van der Waals surface area contributed by atoms with Gasteiger partial charge in [-0.1, -0.05) is 12.1 Å². The third-order valence-electron chi connectivity index (χ3n) is 3.51. The van der Waals surface area contributed by atoms with E-state index in [1.54, 1.807) is 18.3 Å². The Labute approximate surface area is 133 Å².